The number of fused-ring (bicyclic) bond motifs is 1. The van der Waals surface area contributed by atoms with Gasteiger partial charge in [0.2, 0.25) is 0 Å². The second-order valence-corrected chi connectivity index (χ2v) is 11.6. The number of aliphatic hydroxyl groups is 3. The van der Waals surface area contributed by atoms with Crippen molar-refractivity contribution in [2.45, 2.75) is 70.2 Å². The fourth-order valence-corrected chi connectivity index (χ4v) is 7.32. The number of allylic oxidation sites excluding steroid dienone is 1. The molecule has 4 N–H and O–H groups in total. The normalized spacial score (nSPS) is 33.5. The molecule has 2 fully saturated rings. The predicted octanol–water partition coefficient (Wildman–Crippen LogP) is 2.84. The van der Waals surface area contributed by atoms with Crippen molar-refractivity contribution >= 4 is 11.9 Å². The maximum atomic E-state index is 12.8. The maximum absolute atomic E-state index is 12.8. The Morgan fingerprint density at radius 1 is 1.26 bits per heavy atom. The number of hydrogen-bond acceptors (Lipinski definition) is 8. The molecule has 1 aromatic rings. The number of cyclic esters (lactones) is 1. The highest BCUT2D eigenvalue weighted by molar-refractivity contribution is 5.91. The minimum Gasteiger partial charge on any atom is -0.467 e. The Morgan fingerprint density at radius 3 is 2.58 bits per heavy atom. The largest absolute Gasteiger partial charge is 0.467 e. The summed E-state index contributed by atoms with van der Waals surface area (Å²) in [4.78, 5) is 25.2. The van der Waals surface area contributed by atoms with Crippen LogP contribution in [0.25, 0.3) is 0 Å². The molecule has 1 heterocycles. The van der Waals surface area contributed by atoms with Crippen LogP contribution in [0.1, 0.15) is 57.6 Å². The van der Waals surface area contributed by atoms with E-state index in [0.29, 0.717) is 24.0 Å². The van der Waals surface area contributed by atoms with E-state index in [1.807, 2.05) is 37.3 Å². The molecule has 8 nitrogen and oxygen atoms in total. The van der Waals surface area contributed by atoms with Gasteiger partial charge < -0.3 is 30.1 Å². The molecule has 0 spiro atoms. The van der Waals surface area contributed by atoms with Crippen molar-refractivity contribution in [1.29, 1.82) is 0 Å². The number of aliphatic hydroxyl groups excluding tert-OH is 3. The molecule has 0 aromatic heterocycles. The van der Waals surface area contributed by atoms with E-state index in [1.165, 1.54) is 7.11 Å². The van der Waals surface area contributed by atoms with Crippen LogP contribution in [0, 0.1) is 22.7 Å². The molecule has 8 atom stereocenters. The van der Waals surface area contributed by atoms with Gasteiger partial charge in [0.25, 0.3) is 0 Å². The van der Waals surface area contributed by atoms with Gasteiger partial charge in [-0.15, -0.1) is 0 Å². The maximum Gasteiger partial charge on any atom is 0.336 e. The van der Waals surface area contributed by atoms with Crippen LogP contribution in [-0.4, -0.2) is 65.8 Å². The van der Waals surface area contributed by atoms with Crippen molar-refractivity contribution in [3.63, 3.8) is 0 Å². The van der Waals surface area contributed by atoms with Crippen LogP contribution in [0.4, 0.5) is 0 Å². The summed E-state index contributed by atoms with van der Waals surface area (Å²) in [5, 5.41) is 35.6. The molecule has 208 valence electrons. The first-order chi connectivity index (χ1) is 18.1. The summed E-state index contributed by atoms with van der Waals surface area (Å²) in [7, 11) is 1.23. The highest BCUT2D eigenvalue weighted by atomic mass is 16.5. The number of benzene rings is 1. The van der Waals surface area contributed by atoms with Crippen LogP contribution in [0.2, 0.25) is 0 Å². The zero-order chi connectivity index (χ0) is 27.7. The highest BCUT2D eigenvalue weighted by Gasteiger charge is 2.58. The van der Waals surface area contributed by atoms with Gasteiger partial charge in [-0.25, -0.2) is 9.59 Å². The summed E-state index contributed by atoms with van der Waals surface area (Å²) >= 11 is 0. The molecule has 2 aliphatic carbocycles. The molecule has 38 heavy (non-hydrogen) atoms. The summed E-state index contributed by atoms with van der Waals surface area (Å²) in [6, 6.07) is 7.75. The van der Waals surface area contributed by atoms with Gasteiger partial charge in [0.15, 0.2) is 6.10 Å². The second kappa shape index (κ2) is 11.3. The quantitative estimate of drug-likeness (QED) is 0.285. The van der Waals surface area contributed by atoms with Gasteiger partial charge in [0.1, 0.15) is 6.61 Å². The minimum absolute atomic E-state index is 0.0295. The molecular formula is C30H41NO7. The third-order valence-corrected chi connectivity index (χ3v) is 9.59. The van der Waals surface area contributed by atoms with Gasteiger partial charge in [-0.3, -0.25) is 0 Å². The molecule has 1 aliphatic heterocycles. The van der Waals surface area contributed by atoms with E-state index < -0.39 is 41.6 Å². The second-order valence-electron chi connectivity index (χ2n) is 11.6. The van der Waals surface area contributed by atoms with Gasteiger partial charge in [-0.05, 0) is 61.0 Å². The third-order valence-electron chi connectivity index (χ3n) is 9.59. The standard InChI is InChI=1S/C30H41NO7/c1-18-10-11-23-29(2,14-12-24(33)30(23,3)17-32)21(18)16-22(20-13-15-38-27(20)35)31-25(26(34)28(36)37-4)19-8-6-5-7-9-19/h5-9,13,21-26,31-34H,1,10-12,14-17H2,2-4H3/t21-,22?,23?,24?,25?,26?,29+,30-/m0/s1. The van der Waals surface area contributed by atoms with Crippen molar-refractivity contribution < 1.29 is 34.4 Å². The van der Waals surface area contributed by atoms with E-state index in [2.05, 4.69) is 18.8 Å². The molecular weight excluding hydrogens is 486 g/mol. The Balaban J connectivity index is 1.71. The van der Waals surface area contributed by atoms with Gasteiger partial charge in [0, 0.05) is 11.5 Å². The average molecular weight is 528 g/mol. The van der Waals surface area contributed by atoms with Crippen LogP contribution in [0.3, 0.4) is 0 Å². The summed E-state index contributed by atoms with van der Waals surface area (Å²) in [5.74, 6) is -1.17. The topological polar surface area (TPSA) is 125 Å². The lowest BCUT2D eigenvalue weighted by Gasteiger charge is -2.60. The number of rotatable bonds is 9. The van der Waals surface area contributed by atoms with Gasteiger partial charge in [0.05, 0.1) is 31.4 Å². The summed E-state index contributed by atoms with van der Waals surface area (Å²) in [6.07, 6.45) is 3.08. The number of carbonyl (C=O) groups is 2. The predicted molar refractivity (Wildman–Crippen MR) is 142 cm³/mol. The molecule has 4 rings (SSSR count). The summed E-state index contributed by atoms with van der Waals surface area (Å²) in [6.45, 7) is 8.67. The highest BCUT2D eigenvalue weighted by Crippen LogP contribution is 2.62. The number of carbonyl (C=O) groups excluding carboxylic acids is 2. The smallest absolute Gasteiger partial charge is 0.336 e. The monoisotopic (exact) mass is 527 g/mol. The van der Waals surface area contributed by atoms with Gasteiger partial charge in [-0.1, -0.05) is 56.3 Å². The van der Waals surface area contributed by atoms with Crippen molar-refractivity contribution in [2.24, 2.45) is 22.7 Å². The SMILES string of the molecule is C=C1CCC2[C@](C)(CO)C(O)CC[C@]2(C)[C@H]1CC(NC(c1ccccc1)C(O)C(=O)OC)C1=CCOC1=O. The lowest BCUT2D eigenvalue weighted by Crippen LogP contribution is -2.58. The molecule has 3 aliphatic rings. The molecule has 8 heteroatoms. The first kappa shape index (κ1) is 28.5. The van der Waals surface area contributed by atoms with Crippen molar-refractivity contribution in [1.82, 2.24) is 5.32 Å². The minimum atomic E-state index is -1.50. The molecule has 5 unspecified atom stereocenters. The van der Waals surface area contributed by atoms with Crippen molar-refractivity contribution in [2.75, 3.05) is 20.3 Å². The van der Waals surface area contributed by atoms with E-state index in [9.17, 15) is 24.9 Å². The Bertz CT molecular complexity index is 1070. The average Bonchev–Trinajstić information content (AvgIpc) is 3.35. The Kier molecular flexibility index (Phi) is 8.47. The lowest BCUT2D eigenvalue weighted by molar-refractivity contribution is -0.154. The molecule has 1 aromatic carbocycles. The van der Waals surface area contributed by atoms with E-state index in [0.717, 1.165) is 24.8 Å². The lowest BCUT2D eigenvalue weighted by atomic mass is 9.46. The Labute approximate surface area is 224 Å². The zero-order valence-corrected chi connectivity index (χ0v) is 22.6. The van der Waals surface area contributed by atoms with E-state index >= 15 is 0 Å². The Hall–Kier alpha value is -2.52. The molecule has 2 saturated carbocycles. The van der Waals surface area contributed by atoms with Crippen LogP contribution in [0.5, 0.6) is 0 Å². The molecule has 0 saturated heterocycles. The van der Waals surface area contributed by atoms with Crippen molar-refractivity contribution in [3.05, 3.63) is 59.7 Å². The molecule has 0 amide bonds. The van der Waals surface area contributed by atoms with Crippen LogP contribution in [0.15, 0.2) is 54.1 Å². The van der Waals surface area contributed by atoms with E-state index in [1.54, 1.807) is 6.08 Å². The van der Waals surface area contributed by atoms with Gasteiger partial charge >= 0.3 is 11.9 Å². The third kappa shape index (κ3) is 5.07. The first-order valence-electron chi connectivity index (χ1n) is 13.5. The van der Waals surface area contributed by atoms with E-state index in [-0.39, 0.29) is 30.5 Å². The number of esters is 2. The first-order valence-corrected chi connectivity index (χ1v) is 13.5. The van der Waals surface area contributed by atoms with Crippen LogP contribution in [-0.2, 0) is 19.1 Å². The Morgan fingerprint density at radius 2 is 1.97 bits per heavy atom. The molecule has 0 bridgehead atoms. The van der Waals surface area contributed by atoms with Gasteiger partial charge in [-0.2, -0.15) is 0 Å². The fourth-order valence-electron chi connectivity index (χ4n) is 7.32. The van der Waals surface area contributed by atoms with Crippen LogP contribution < -0.4 is 5.32 Å². The van der Waals surface area contributed by atoms with Crippen molar-refractivity contribution in [3.8, 4) is 0 Å². The fraction of sp³-hybridized carbons (Fsp3) is 0.600. The number of ether oxygens (including phenoxy) is 2. The zero-order valence-electron chi connectivity index (χ0n) is 22.6. The summed E-state index contributed by atoms with van der Waals surface area (Å²) < 4.78 is 10.1. The number of hydrogen-bond donors (Lipinski definition) is 4. The summed E-state index contributed by atoms with van der Waals surface area (Å²) in [5.41, 5.74) is 1.32. The molecule has 0 radical (unpaired) electrons. The number of methoxy groups -OCH3 is 1. The van der Waals surface area contributed by atoms with E-state index in [4.69, 9.17) is 9.47 Å². The van der Waals surface area contributed by atoms with Crippen LogP contribution >= 0.6 is 0 Å². The number of nitrogens with one attached hydrogen (secondary N) is 1.